The van der Waals surface area contributed by atoms with Crippen molar-refractivity contribution in [2.45, 2.75) is 24.1 Å². The quantitative estimate of drug-likeness (QED) is 0.390. The zero-order valence-corrected chi connectivity index (χ0v) is 17.8. The molecule has 1 aliphatic rings. The number of primary sulfonamides is 1. The van der Waals surface area contributed by atoms with Gasteiger partial charge in [0, 0.05) is 23.7 Å². The van der Waals surface area contributed by atoms with Gasteiger partial charge in [0.1, 0.15) is 4.21 Å². The van der Waals surface area contributed by atoms with Gasteiger partial charge in [0.05, 0.1) is 6.54 Å². The van der Waals surface area contributed by atoms with E-state index in [1.807, 2.05) is 19.1 Å². The summed E-state index contributed by atoms with van der Waals surface area (Å²) in [6.45, 7) is 4.10. The van der Waals surface area contributed by atoms with Gasteiger partial charge in [-0.25, -0.2) is 18.5 Å². The van der Waals surface area contributed by atoms with Crippen LogP contribution in [0.4, 0.5) is 5.69 Å². The Morgan fingerprint density at radius 3 is 2.76 bits per heavy atom. The summed E-state index contributed by atoms with van der Waals surface area (Å²) in [5, 5.41) is 8.46. The van der Waals surface area contributed by atoms with E-state index in [0.717, 1.165) is 41.7 Å². The lowest BCUT2D eigenvalue weighted by molar-refractivity contribution is 0.600. The number of nitrogens with two attached hydrogens (primary N) is 1. The zero-order chi connectivity index (χ0) is 17.2. The van der Waals surface area contributed by atoms with Crippen LogP contribution in [0, 0.1) is 0 Å². The highest BCUT2D eigenvalue weighted by Crippen LogP contribution is 2.27. The van der Waals surface area contributed by atoms with E-state index >= 15 is 0 Å². The number of anilines is 1. The van der Waals surface area contributed by atoms with Gasteiger partial charge in [0.2, 0.25) is 10.0 Å². The second-order valence-electron chi connectivity index (χ2n) is 5.47. The predicted octanol–water partition coefficient (Wildman–Crippen LogP) is 2.54. The molecular formula is C16H21IN4O2S2. The van der Waals surface area contributed by atoms with Crippen molar-refractivity contribution in [1.29, 1.82) is 0 Å². The molecule has 2 heterocycles. The van der Waals surface area contributed by atoms with Crippen molar-refractivity contribution < 1.29 is 8.42 Å². The van der Waals surface area contributed by atoms with Crippen molar-refractivity contribution in [3.63, 3.8) is 0 Å². The van der Waals surface area contributed by atoms with Crippen LogP contribution in [-0.4, -0.2) is 27.5 Å². The molecule has 0 fully saturated rings. The summed E-state index contributed by atoms with van der Waals surface area (Å²) in [6.07, 6.45) is 0.995. The van der Waals surface area contributed by atoms with E-state index in [1.165, 1.54) is 17.3 Å². The highest BCUT2D eigenvalue weighted by atomic mass is 127. The summed E-state index contributed by atoms with van der Waals surface area (Å²) in [6, 6.07) is 11.6. The number of hydrogen-bond acceptors (Lipinski definition) is 4. The molecule has 3 N–H and O–H groups in total. The normalized spacial score (nSPS) is 14.2. The summed E-state index contributed by atoms with van der Waals surface area (Å²) in [5.41, 5.74) is 2.49. The summed E-state index contributed by atoms with van der Waals surface area (Å²) >= 11 is 1.16. The van der Waals surface area contributed by atoms with Gasteiger partial charge in [-0.05, 0) is 37.1 Å². The Labute approximate surface area is 169 Å². The molecule has 0 unspecified atom stereocenters. The molecule has 1 aromatic heterocycles. The zero-order valence-electron chi connectivity index (χ0n) is 13.8. The molecule has 2 aromatic rings. The molecule has 6 nitrogen and oxygen atoms in total. The number of nitrogens with zero attached hydrogens (tertiary/aromatic N) is 2. The number of halogens is 1. The molecular weight excluding hydrogens is 471 g/mol. The number of benzene rings is 1. The molecule has 1 aromatic carbocycles. The Kier molecular flexibility index (Phi) is 6.83. The van der Waals surface area contributed by atoms with Gasteiger partial charge < -0.3 is 10.2 Å². The maximum atomic E-state index is 11.4. The first-order valence-corrected chi connectivity index (χ1v) is 10.1. The second-order valence-corrected chi connectivity index (χ2v) is 8.42. The molecule has 136 valence electrons. The van der Waals surface area contributed by atoms with Gasteiger partial charge in [0.25, 0.3) is 0 Å². The lowest BCUT2D eigenvalue weighted by Crippen LogP contribution is -2.40. The van der Waals surface area contributed by atoms with Gasteiger partial charge >= 0.3 is 0 Å². The minimum Gasteiger partial charge on any atom is -0.356 e. The fraction of sp³-hybridized carbons (Fsp3) is 0.312. The molecule has 0 atom stereocenters. The van der Waals surface area contributed by atoms with Gasteiger partial charge in [-0.15, -0.1) is 35.3 Å². The maximum Gasteiger partial charge on any atom is 0.247 e. The Bertz CT molecular complexity index is 865. The average molecular weight is 492 g/mol. The fourth-order valence-corrected chi connectivity index (χ4v) is 4.41. The van der Waals surface area contributed by atoms with E-state index in [0.29, 0.717) is 6.54 Å². The number of guanidine groups is 1. The van der Waals surface area contributed by atoms with E-state index in [-0.39, 0.29) is 28.2 Å². The average Bonchev–Trinajstić information content (AvgIpc) is 3.18. The summed E-state index contributed by atoms with van der Waals surface area (Å²) in [5.74, 6) is 0.813. The highest BCUT2D eigenvalue weighted by Gasteiger charge is 2.22. The van der Waals surface area contributed by atoms with E-state index < -0.39 is 10.0 Å². The maximum absolute atomic E-state index is 11.4. The number of rotatable bonds is 4. The third-order valence-electron chi connectivity index (χ3n) is 3.78. The first-order chi connectivity index (χ1) is 11.5. The minimum atomic E-state index is -3.64. The first-order valence-electron chi connectivity index (χ1n) is 7.74. The van der Waals surface area contributed by atoms with Crippen molar-refractivity contribution in [3.8, 4) is 0 Å². The Hall–Kier alpha value is -1.17. The standard InChI is InChI=1S/C16H20N4O2S2.HI/c1-2-18-16(20-10-9-12-5-3-4-6-14(12)20)19-11-13-7-8-15(23-13)24(17,21)22;/h3-8H,2,9-11H2,1H3,(H,18,19)(H2,17,21,22);1H. The second kappa shape index (κ2) is 8.47. The monoisotopic (exact) mass is 492 g/mol. The lowest BCUT2D eigenvalue weighted by Gasteiger charge is -2.22. The summed E-state index contributed by atoms with van der Waals surface area (Å²) in [4.78, 5) is 7.70. The van der Waals surface area contributed by atoms with Gasteiger partial charge in [-0.2, -0.15) is 0 Å². The van der Waals surface area contributed by atoms with Crippen molar-refractivity contribution in [1.82, 2.24) is 5.32 Å². The van der Waals surface area contributed by atoms with Crippen LogP contribution >= 0.6 is 35.3 Å². The van der Waals surface area contributed by atoms with Gasteiger partial charge in [-0.3, -0.25) is 0 Å². The molecule has 0 radical (unpaired) electrons. The number of fused-ring (bicyclic) bond motifs is 1. The van der Waals surface area contributed by atoms with Gasteiger partial charge in [0.15, 0.2) is 5.96 Å². The van der Waals surface area contributed by atoms with Crippen LogP contribution in [0.5, 0.6) is 0 Å². The number of aliphatic imine (C=N–C) groups is 1. The lowest BCUT2D eigenvalue weighted by atomic mass is 10.2. The van der Waals surface area contributed by atoms with Crippen molar-refractivity contribution in [2.24, 2.45) is 10.1 Å². The Morgan fingerprint density at radius 2 is 2.08 bits per heavy atom. The molecule has 3 rings (SSSR count). The number of para-hydroxylation sites is 1. The molecule has 0 bridgehead atoms. The summed E-state index contributed by atoms with van der Waals surface area (Å²) < 4.78 is 22.9. The molecule has 25 heavy (non-hydrogen) atoms. The molecule has 0 amide bonds. The topological polar surface area (TPSA) is 87.8 Å². The predicted molar refractivity (Wildman–Crippen MR) is 113 cm³/mol. The SMILES string of the molecule is CCNC(=NCc1ccc(S(N)(=O)=O)s1)N1CCc2ccccc21.I. The molecule has 1 aliphatic heterocycles. The van der Waals surface area contributed by atoms with Crippen molar-refractivity contribution in [3.05, 3.63) is 46.8 Å². The number of thiophene rings is 1. The number of sulfonamides is 1. The number of hydrogen-bond donors (Lipinski definition) is 2. The smallest absolute Gasteiger partial charge is 0.247 e. The highest BCUT2D eigenvalue weighted by molar-refractivity contribution is 14.0. The van der Waals surface area contributed by atoms with Crippen LogP contribution < -0.4 is 15.4 Å². The van der Waals surface area contributed by atoms with Crippen molar-refractivity contribution >= 4 is 57.0 Å². The van der Waals surface area contributed by atoms with Crippen LogP contribution in [0.2, 0.25) is 0 Å². The van der Waals surface area contributed by atoms with Crippen LogP contribution in [0.3, 0.4) is 0 Å². The van der Waals surface area contributed by atoms with E-state index in [1.54, 1.807) is 6.07 Å². The summed E-state index contributed by atoms with van der Waals surface area (Å²) in [7, 11) is -3.64. The van der Waals surface area contributed by atoms with E-state index in [4.69, 9.17) is 5.14 Å². The molecule has 0 saturated carbocycles. The largest absolute Gasteiger partial charge is 0.356 e. The van der Waals surface area contributed by atoms with Crippen LogP contribution in [0.1, 0.15) is 17.4 Å². The minimum absolute atomic E-state index is 0. The Morgan fingerprint density at radius 1 is 1.32 bits per heavy atom. The molecule has 9 heteroatoms. The van der Waals surface area contributed by atoms with E-state index in [2.05, 4.69) is 27.3 Å². The van der Waals surface area contributed by atoms with Crippen molar-refractivity contribution in [2.75, 3.05) is 18.0 Å². The molecule has 0 spiro atoms. The molecule has 0 saturated heterocycles. The number of nitrogens with one attached hydrogen (secondary N) is 1. The van der Waals surface area contributed by atoms with E-state index in [9.17, 15) is 8.42 Å². The third-order valence-corrected chi connectivity index (χ3v) is 6.29. The van der Waals surface area contributed by atoms with Crippen LogP contribution in [0.15, 0.2) is 45.6 Å². The third kappa shape index (κ3) is 4.72. The first kappa shape index (κ1) is 20.1. The molecule has 0 aliphatic carbocycles. The fourth-order valence-electron chi connectivity index (χ4n) is 2.70. The van der Waals surface area contributed by atoms with Gasteiger partial charge in [-0.1, -0.05) is 18.2 Å². The van der Waals surface area contributed by atoms with Crippen LogP contribution in [-0.2, 0) is 23.0 Å². The van der Waals surface area contributed by atoms with Crippen LogP contribution in [0.25, 0.3) is 0 Å². The Balaban J connectivity index is 0.00000225.